The van der Waals surface area contributed by atoms with Crippen molar-refractivity contribution in [2.75, 3.05) is 0 Å². The molecule has 0 N–H and O–H groups in total. The Kier molecular flexibility index (Phi) is 5.19. The Morgan fingerprint density at radius 2 is 2.00 bits per heavy atom. The van der Waals surface area contributed by atoms with Gasteiger partial charge in [-0.25, -0.2) is 9.97 Å². The molecule has 0 aliphatic heterocycles. The summed E-state index contributed by atoms with van der Waals surface area (Å²) < 4.78 is 5.56. The molecule has 2 unspecified atom stereocenters. The summed E-state index contributed by atoms with van der Waals surface area (Å²) in [4.78, 5) is 8.83. The van der Waals surface area contributed by atoms with Crippen LogP contribution >= 0.6 is 15.9 Å². The number of hydrogen-bond donors (Lipinski definition) is 0. The van der Waals surface area contributed by atoms with Crippen LogP contribution in [0.3, 0.4) is 0 Å². The molecule has 1 aromatic rings. The van der Waals surface area contributed by atoms with Crippen LogP contribution in [0.1, 0.15) is 45.7 Å². The molecule has 0 spiro atoms. The molecule has 0 bridgehead atoms. The molecule has 3 nitrogen and oxygen atoms in total. The second kappa shape index (κ2) is 6.18. The summed E-state index contributed by atoms with van der Waals surface area (Å²) >= 11 is 3.61. The number of halogens is 1. The lowest BCUT2D eigenvalue weighted by Crippen LogP contribution is -2.12. The van der Waals surface area contributed by atoms with Gasteiger partial charge in [-0.3, -0.25) is 0 Å². The summed E-state index contributed by atoms with van der Waals surface area (Å²) in [6.07, 6.45) is 2.76. The van der Waals surface area contributed by atoms with E-state index in [1.807, 2.05) is 19.9 Å². The number of alkyl halides is 1. The van der Waals surface area contributed by atoms with Gasteiger partial charge in [0.1, 0.15) is 6.33 Å². The summed E-state index contributed by atoms with van der Waals surface area (Å²) in [7, 11) is 0. The fourth-order valence-corrected chi connectivity index (χ4v) is 2.28. The van der Waals surface area contributed by atoms with Gasteiger partial charge in [0, 0.05) is 16.8 Å². The first-order chi connectivity index (χ1) is 7.54. The average molecular weight is 287 g/mol. The molecule has 2 atom stereocenters. The summed E-state index contributed by atoms with van der Waals surface area (Å²) in [6, 6.07) is 1.94. The largest absolute Gasteiger partial charge is 0.475 e. The molecule has 0 amide bonds. The maximum Gasteiger partial charge on any atom is 0.216 e. The van der Waals surface area contributed by atoms with Crippen LogP contribution in [0.15, 0.2) is 12.4 Å². The van der Waals surface area contributed by atoms with Gasteiger partial charge in [0.05, 0.1) is 11.8 Å². The first-order valence-corrected chi connectivity index (χ1v) is 6.58. The molecule has 16 heavy (non-hydrogen) atoms. The van der Waals surface area contributed by atoms with Gasteiger partial charge in [0.2, 0.25) is 5.88 Å². The van der Waals surface area contributed by atoms with E-state index >= 15 is 0 Å². The highest BCUT2D eigenvalue weighted by atomic mass is 79.9. The summed E-state index contributed by atoms with van der Waals surface area (Å²) in [5, 5.41) is 0. The van der Waals surface area contributed by atoms with Crippen molar-refractivity contribution in [3.8, 4) is 5.88 Å². The molecule has 1 heterocycles. The van der Waals surface area contributed by atoms with Crippen LogP contribution < -0.4 is 4.74 Å². The van der Waals surface area contributed by atoms with Crippen LogP contribution in [0.5, 0.6) is 5.88 Å². The van der Waals surface area contributed by atoms with Crippen molar-refractivity contribution < 1.29 is 4.74 Å². The summed E-state index contributed by atoms with van der Waals surface area (Å²) in [6.45, 7) is 8.28. The average Bonchev–Trinajstić information content (AvgIpc) is 2.17. The van der Waals surface area contributed by atoms with E-state index in [9.17, 15) is 0 Å². The van der Waals surface area contributed by atoms with E-state index < -0.39 is 0 Å². The molecule has 0 aliphatic rings. The molecule has 1 aromatic heterocycles. The minimum atomic E-state index is 0.143. The minimum Gasteiger partial charge on any atom is -0.475 e. The molecule has 90 valence electrons. The molecule has 0 saturated carbocycles. The van der Waals surface area contributed by atoms with Gasteiger partial charge in [0.25, 0.3) is 0 Å². The highest BCUT2D eigenvalue weighted by Crippen LogP contribution is 2.27. The molecule has 0 radical (unpaired) electrons. The Morgan fingerprint density at radius 1 is 1.31 bits per heavy atom. The van der Waals surface area contributed by atoms with Crippen LogP contribution in [-0.2, 0) is 0 Å². The lowest BCUT2D eigenvalue weighted by molar-refractivity contribution is 0.231. The van der Waals surface area contributed by atoms with Crippen molar-refractivity contribution in [1.82, 2.24) is 9.97 Å². The van der Waals surface area contributed by atoms with Gasteiger partial charge in [-0.15, -0.1) is 0 Å². The topological polar surface area (TPSA) is 35.0 Å². The van der Waals surface area contributed by atoms with E-state index in [0.29, 0.717) is 16.6 Å². The van der Waals surface area contributed by atoms with Gasteiger partial charge >= 0.3 is 0 Å². The van der Waals surface area contributed by atoms with E-state index in [-0.39, 0.29) is 6.10 Å². The van der Waals surface area contributed by atoms with Crippen molar-refractivity contribution in [3.63, 3.8) is 0 Å². The smallest absolute Gasteiger partial charge is 0.216 e. The zero-order valence-electron chi connectivity index (χ0n) is 10.3. The maximum atomic E-state index is 5.56. The Labute approximate surface area is 106 Å². The van der Waals surface area contributed by atoms with Crippen LogP contribution in [0, 0.1) is 0 Å². The Hall–Kier alpha value is -0.640. The van der Waals surface area contributed by atoms with Crippen LogP contribution in [0.2, 0.25) is 0 Å². The first-order valence-electron chi connectivity index (χ1n) is 5.67. The van der Waals surface area contributed by atoms with Crippen molar-refractivity contribution in [2.24, 2.45) is 0 Å². The second-order valence-electron chi connectivity index (χ2n) is 4.14. The quantitative estimate of drug-likeness (QED) is 0.777. The van der Waals surface area contributed by atoms with Gasteiger partial charge in [0.15, 0.2) is 0 Å². The zero-order valence-corrected chi connectivity index (χ0v) is 11.9. The van der Waals surface area contributed by atoms with E-state index in [4.69, 9.17) is 4.74 Å². The number of nitrogens with zero attached hydrogens (tertiary/aromatic N) is 2. The normalized spacial score (nSPS) is 14.9. The van der Waals surface area contributed by atoms with E-state index in [0.717, 1.165) is 12.1 Å². The van der Waals surface area contributed by atoms with Gasteiger partial charge in [-0.1, -0.05) is 29.8 Å². The predicted octanol–water partition coefficient (Wildman–Crippen LogP) is 3.54. The van der Waals surface area contributed by atoms with Crippen LogP contribution in [-0.4, -0.2) is 20.9 Å². The lowest BCUT2D eigenvalue weighted by atomic mass is 9.99. The van der Waals surface area contributed by atoms with Gasteiger partial charge in [-0.2, -0.15) is 0 Å². The van der Waals surface area contributed by atoms with Crippen molar-refractivity contribution >= 4 is 15.9 Å². The van der Waals surface area contributed by atoms with Crippen molar-refractivity contribution in [2.45, 2.75) is 51.0 Å². The highest BCUT2D eigenvalue weighted by molar-refractivity contribution is 9.09. The fourth-order valence-electron chi connectivity index (χ4n) is 1.63. The van der Waals surface area contributed by atoms with Gasteiger partial charge < -0.3 is 4.74 Å². The fraction of sp³-hybridized carbons (Fsp3) is 0.667. The highest BCUT2D eigenvalue weighted by Gasteiger charge is 2.17. The number of ether oxygens (including phenoxy) is 1. The third kappa shape index (κ3) is 3.74. The molecule has 0 saturated heterocycles. The summed E-state index contributed by atoms with van der Waals surface area (Å²) in [5.74, 6) is 1.06. The molecule has 0 aromatic carbocycles. The Balaban J connectivity index is 2.88. The van der Waals surface area contributed by atoms with E-state index in [2.05, 4.69) is 39.7 Å². The van der Waals surface area contributed by atoms with Crippen molar-refractivity contribution in [1.29, 1.82) is 0 Å². The summed E-state index contributed by atoms with van der Waals surface area (Å²) in [5.41, 5.74) is 1.04. The number of hydrogen-bond acceptors (Lipinski definition) is 3. The SMILES string of the molecule is CCC(c1cc(OC(C)C)ncn1)C(C)Br. The molecule has 4 heteroatoms. The zero-order chi connectivity index (χ0) is 12.1. The third-order valence-electron chi connectivity index (χ3n) is 2.39. The number of rotatable bonds is 5. The Morgan fingerprint density at radius 3 is 2.50 bits per heavy atom. The Bertz CT molecular complexity index is 329. The standard InChI is InChI=1S/C12H19BrN2O/c1-5-10(9(4)13)11-6-12(15-7-14-11)16-8(2)3/h6-10H,5H2,1-4H3. The molecule has 1 rings (SSSR count). The molecule has 0 aliphatic carbocycles. The maximum absolute atomic E-state index is 5.56. The molecular formula is C12H19BrN2O. The first kappa shape index (κ1) is 13.4. The van der Waals surface area contributed by atoms with Crippen molar-refractivity contribution in [3.05, 3.63) is 18.1 Å². The van der Waals surface area contributed by atoms with Gasteiger partial charge in [-0.05, 0) is 20.3 Å². The van der Waals surface area contributed by atoms with Crippen LogP contribution in [0.4, 0.5) is 0 Å². The van der Waals surface area contributed by atoms with E-state index in [1.165, 1.54) is 0 Å². The third-order valence-corrected chi connectivity index (χ3v) is 3.03. The lowest BCUT2D eigenvalue weighted by Gasteiger charge is -2.17. The van der Waals surface area contributed by atoms with E-state index in [1.54, 1.807) is 6.33 Å². The second-order valence-corrected chi connectivity index (χ2v) is 5.58. The molecular weight excluding hydrogens is 268 g/mol. The molecule has 0 fully saturated rings. The van der Waals surface area contributed by atoms with Crippen LogP contribution in [0.25, 0.3) is 0 Å². The monoisotopic (exact) mass is 286 g/mol. The predicted molar refractivity (Wildman–Crippen MR) is 69.2 cm³/mol. The minimum absolute atomic E-state index is 0.143. The number of aromatic nitrogens is 2.